The number of aromatic amines is 1. The Hall–Kier alpha value is -2.71. The first kappa shape index (κ1) is 21.5. The minimum atomic E-state index is -0.971. The van der Waals surface area contributed by atoms with E-state index in [0.29, 0.717) is 11.4 Å². The Kier molecular flexibility index (Phi) is 6.38. The molecule has 5 N–H and O–H groups in total. The monoisotopic (exact) mass is 443 g/mol. The van der Waals surface area contributed by atoms with Crippen molar-refractivity contribution >= 4 is 17.5 Å². The maximum absolute atomic E-state index is 13.3. The van der Waals surface area contributed by atoms with Crippen molar-refractivity contribution in [2.75, 3.05) is 6.54 Å². The lowest BCUT2D eigenvalue weighted by Gasteiger charge is -2.18. The zero-order valence-electron chi connectivity index (χ0n) is 16.6. The summed E-state index contributed by atoms with van der Waals surface area (Å²) in [5.41, 5.74) is 4.33. The molecule has 2 heterocycles. The first-order valence-corrected chi connectivity index (χ1v) is 10.4. The Morgan fingerprint density at radius 3 is 2.42 bits per heavy atom. The third-order valence-corrected chi connectivity index (χ3v) is 5.68. The molecule has 1 aromatic heterocycles. The maximum atomic E-state index is 13.3. The first-order valence-electron chi connectivity index (χ1n) is 10.0. The van der Waals surface area contributed by atoms with Gasteiger partial charge in [0.05, 0.1) is 12.1 Å². The number of hydrogen-bond acceptors (Lipinski definition) is 4. The second-order valence-corrected chi connectivity index (χ2v) is 8.05. The number of aryl methyl sites for hydroxylation is 1. The van der Waals surface area contributed by atoms with Crippen LogP contribution in [0.4, 0.5) is 4.39 Å². The second kappa shape index (κ2) is 9.20. The lowest BCUT2D eigenvalue weighted by atomic mass is 10.0. The van der Waals surface area contributed by atoms with Crippen LogP contribution >= 0.6 is 11.6 Å². The van der Waals surface area contributed by atoms with Crippen molar-refractivity contribution in [3.63, 3.8) is 0 Å². The number of carbonyl (C=O) groups excluding carboxylic acids is 1. The quantitative estimate of drug-likeness (QED) is 0.404. The molecule has 3 atom stereocenters. The third-order valence-electron chi connectivity index (χ3n) is 5.43. The van der Waals surface area contributed by atoms with Crippen molar-refractivity contribution in [1.29, 1.82) is 0 Å². The summed E-state index contributed by atoms with van der Waals surface area (Å²) in [5, 5.41) is 25.7. The van der Waals surface area contributed by atoms with Crippen LogP contribution in [0.15, 0.2) is 54.6 Å². The van der Waals surface area contributed by atoms with Crippen molar-refractivity contribution in [3.8, 4) is 22.5 Å². The molecule has 1 fully saturated rings. The number of carbonyl (C=O) groups is 1. The lowest BCUT2D eigenvalue weighted by Crippen LogP contribution is -2.47. The fourth-order valence-electron chi connectivity index (χ4n) is 3.74. The highest BCUT2D eigenvalue weighted by Gasteiger charge is 2.34. The molecule has 3 aromatic rings. The number of rotatable bonds is 6. The van der Waals surface area contributed by atoms with Gasteiger partial charge < -0.3 is 20.5 Å². The number of H-pyrrole nitrogens is 1. The number of aliphatic hydroxyl groups excluding tert-OH is 2. The Labute approximate surface area is 184 Å². The molecule has 4 rings (SSSR count). The van der Waals surface area contributed by atoms with E-state index in [9.17, 15) is 19.4 Å². The van der Waals surface area contributed by atoms with Crippen molar-refractivity contribution in [2.24, 2.45) is 0 Å². The molecule has 0 bridgehead atoms. The van der Waals surface area contributed by atoms with E-state index in [2.05, 4.69) is 15.6 Å². The smallest absolute Gasteiger partial charge is 0.220 e. The molecular weight excluding hydrogens is 421 g/mol. The molecule has 0 spiro atoms. The molecule has 2 aromatic carbocycles. The molecule has 162 valence electrons. The summed E-state index contributed by atoms with van der Waals surface area (Å²) in [7, 11) is 0. The zero-order valence-corrected chi connectivity index (χ0v) is 17.4. The molecule has 31 heavy (non-hydrogen) atoms. The van der Waals surface area contributed by atoms with Gasteiger partial charge in [-0.15, -0.1) is 0 Å². The fraction of sp³-hybridized carbons (Fsp3) is 0.261. The number of hydrogen-bond donors (Lipinski definition) is 5. The molecule has 0 radical (unpaired) electrons. The van der Waals surface area contributed by atoms with Crippen molar-refractivity contribution < 1.29 is 19.4 Å². The van der Waals surface area contributed by atoms with Gasteiger partial charge in [-0.2, -0.15) is 0 Å². The van der Waals surface area contributed by atoms with E-state index in [1.807, 2.05) is 18.2 Å². The van der Waals surface area contributed by atoms with E-state index in [4.69, 9.17) is 11.6 Å². The molecule has 1 aliphatic heterocycles. The Morgan fingerprint density at radius 2 is 1.77 bits per heavy atom. The van der Waals surface area contributed by atoms with Gasteiger partial charge in [0.25, 0.3) is 0 Å². The number of nitrogens with one attached hydrogen (secondary N) is 3. The number of benzene rings is 2. The molecule has 1 amide bonds. The van der Waals surface area contributed by atoms with Crippen LogP contribution in [0.5, 0.6) is 0 Å². The summed E-state index contributed by atoms with van der Waals surface area (Å²) < 4.78 is 13.3. The van der Waals surface area contributed by atoms with E-state index in [-0.39, 0.29) is 24.7 Å². The average molecular weight is 444 g/mol. The van der Waals surface area contributed by atoms with E-state index in [1.165, 1.54) is 12.1 Å². The molecule has 1 saturated heterocycles. The van der Waals surface area contributed by atoms with Gasteiger partial charge in [-0.05, 0) is 65.6 Å². The SMILES string of the molecule is O=C(CCc1cc(-c2ccc(F)cc2)[nH]c1-c1ccc(Cl)cc1)N[C@@H]1C(O)NC[C@H]1O. The topological polar surface area (TPSA) is 97.4 Å². The highest BCUT2D eigenvalue weighted by atomic mass is 35.5. The van der Waals surface area contributed by atoms with E-state index < -0.39 is 18.4 Å². The second-order valence-electron chi connectivity index (χ2n) is 7.61. The minimum absolute atomic E-state index is 0.178. The minimum Gasteiger partial charge on any atom is -0.389 e. The van der Waals surface area contributed by atoms with Gasteiger partial charge in [-0.1, -0.05) is 23.7 Å². The Balaban J connectivity index is 1.55. The lowest BCUT2D eigenvalue weighted by molar-refractivity contribution is -0.123. The average Bonchev–Trinajstić information content (AvgIpc) is 3.32. The van der Waals surface area contributed by atoms with Crippen LogP contribution in [-0.4, -0.2) is 46.0 Å². The highest BCUT2D eigenvalue weighted by molar-refractivity contribution is 6.30. The fourth-order valence-corrected chi connectivity index (χ4v) is 3.87. The van der Waals surface area contributed by atoms with Crippen LogP contribution < -0.4 is 10.6 Å². The van der Waals surface area contributed by atoms with Gasteiger partial charge in [-0.25, -0.2) is 4.39 Å². The predicted octanol–water partition coefficient (Wildman–Crippen LogP) is 2.84. The maximum Gasteiger partial charge on any atom is 0.220 e. The van der Waals surface area contributed by atoms with Gasteiger partial charge in [-0.3, -0.25) is 10.1 Å². The van der Waals surface area contributed by atoms with Gasteiger partial charge in [0.15, 0.2) is 0 Å². The van der Waals surface area contributed by atoms with Crippen molar-refractivity contribution in [1.82, 2.24) is 15.6 Å². The van der Waals surface area contributed by atoms with Crippen molar-refractivity contribution in [3.05, 3.63) is 71.0 Å². The molecule has 1 unspecified atom stereocenters. The normalized spacial score (nSPS) is 20.7. The van der Waals surface area contributed by atoms with E-state index in [0.717, 1.165) is 28.1 Å². The molecule has 8 heteroatoms. The molecular formula is C23H23ClFN3O3. The van der Waals surface area contributed by atoms with Crippen molar-refractivity contribution in [2.45, 2.75) is 31.2 Å². The molecule has 6 nitrogen and oxygen atoms in total. The Morgan fingerprint density at radius 1 is 1.10 bits per heavy atom. The van der Waals surface area contributed by atoms with Crippen LogP contribution in [0.1, 0.15) is 12.0 Å². The predicted molar refractivity (Wildman–Crippen MR) is 117 cm³/mol. The van der Waals surface area contributed by atoms with E-state index >= 15 is 0 Å². The van der Waals surface area contributed by atoms with Crippen LogP contribution in [0, 0.1) is 5.82 Å². The summed E-state index contributed by atoms with van der Waals surface area (Å²) in [6, 6.07) is 14.8. The summed E-state index contributed by atoms with van der Waals surface area (Å²) in [6.45, 7) is 0.228. The van der Waals surface area contributed by atoms with Gasteiger partial charge in [0, 0.05) is 29.4 Å². The highest BCUT2D eigenvalue weighted by Crippen LogP contribution is 2.31. The standard InChI is InChI=1S/C23H23ClFN3O3/c24-16-6-1-14(2-7-16)21-15(11-18(27-21)13-3-8-17(25)9-4-13)5-10-20(30)28-22-19(29)12-26-23(22)31/h1-4,6-9,11,19,22-23,26-27,29,31H,5,10,12H2,(H,28,30)/t19-,22+,23?/m1/s1. The zero-order chi connectivity index (χ0) is 22.0. The van der Waals surface area contributed by atoms with Crippen LogP contribution in [0.25, 0.3) is 22.5 Å². The van der Waals surface area contributed by atoms with E-state index in [1.54, 1.807) is 24.3 Å². The summed E-state index contributed by atoms with van der Waals surface area (Å²) in [4.78, 5) is 15.8. The number of aromatic nitrogens is 1. The molecule has 0 saturated carbocycles. The number of halogens is 2. The number of amides is 1. The van der Waals surface area contributed by atoms with Crippen LogP contribution in [0.3, 0.4) is 0 Å². The van der Waals surface area contributed by atoms with Gasteiger partial charge >= 0.3 is 0 Å². The largest absolute Gasteiger partial charge is 0.389 e. The van der Waals surface area contributed by atoms with Gasteiger partial charge in [0.1, 0.15) is 12.0 Å². The van der Waals surface area contributed by atoms with Crippen LogP contribution in [0.2, 0.25) is 5.02 Å². The first-order chi connectivity index (χ1) is 14.9. The van der Waals surface area contributed by atoms with Gasteiger partial charge in [0.2, 0.25) is 5.91 Å². The Bertz CT molecular complexity index is 1040. The van der Waals surface area contributed by atoms with Crippen LogP contribution in [-0.2, 0) is 11.2 Å². The molecule has 1 aliphatic rings. The molecule has 0 aliphatic carbocycles. The number of aliphatic hydroxyl groups is 2. The summed E-state index contributed by atoms with van der Waals surface area (Å²) in [6.07, 6.45) is -1.19. The summed E-state index contributed by atoms with van der Waals surface area (Å²) in [5.74, 6) is -0.575. The summed E-state index contributed by atoms with van der Waals surface area (Å²) >= 11 is 6.02. The third kappa shape index (κ3) is 4.97. The number of β-amino-alcohol motifs (C(OH)–C–C–N with tert-alkyl or cyclic N) is 1.